The van der Waals surface area contributed by atoms with Gasteiger partial charge in [-0.25, -0.2) is 13.6 Å². The Balaban J connectivity index is 1.61. The van der Waals surface area contributed by atoms with E-state index in [-0.39, 0.29) is 18.0 Å². The fourth-order valence-corrected chi connectivity index (χ4v) is 2.74. The fourth-order valence-electron chi connectivity index (χ4n) is 2.61. The van der Waals surface area contributed by atoms with Gasteiger partial charge in [-0.2, -0.15) is 0 Å². The van der Waals surface area contributed by atoms with Gasteiger partial charge in [-0.05, 0) is 36.4 Å². The van der Waals surface area contributed by atoms with Gasteiger partial charge in [-0.3, -0.25) is 4.79 Å². The van der Waals surface area contributed by atoms with Gasteiger partial charge in [0.1, 0.15) is 11.6 Å². The third-order valence-corrected chi connectivity index (χ3v) is 4.03. The van der Waals surface area contributed by atoms with E-state index < -0.39 is 23.7 Å². The maximum Gasteiger partial charge on any atom is 0.319 e. The van der Waals surface area contributed by atoms with Gasteiger partial charge in [0.05, 0.1) is 11.7 Å². The van der Waals surface area contributed by atoms with Crippen molar-refractivity contribution in [2.75, 3.05) is 16.8 Å². The molecule has 0 spiro atoms. The number of hydrogen-bond acceptors (Lipinski definition) is 2. The van der Waals surface area contributed by atoms with E-state index in [2.05, 4.69) is 10.6 Å². The van der Waals surface area contributed by atoms with E-state index in [0.29, 0.717) is 23.3 Å². The second kappa shape index (κ2) is 7.06. The molecular formula is C17H14ClF2N3O2. The van der Waals surface area contributed by atoms with Crippen LogP contribution in [0.15, 0.2) is 42.5 Å². The number of carbonyl (C=O) groups is 2. The molecule has 1 unspecified atom stereocenters. The molecule has 3 rings (SSSR count). The average molecular weight is 366 g/mol. The van der Waals surface area contributed by atoms with Gasteiger partial charge in [-0.15, -0.1) is 0 Å². The zero-order chi connectivity index (χ0) is 18.0. The van der Waals surface area contributed by atoms with Crippen molar-refractivity contribution in [1.82, 2.24) is 5.32 Å². The number of nitrogens with one attached hydrogen (secondary N) is 2. The van der Waals surface area contributed by atoms with Crippen molar-refractivity contribution >= 4 is 34.9 Å². The third-order valence-electron chi connectivity index (χ3n) is 3.78. The first-order valence-corrected chi connectivity index (χ1v) is 7.88. The van der Waals surface area contributed by atoms with Crippen molar-refractivity contribution in [3.63, 3.8) is 0 Å². The van der Waals surface area contributed by atoms with Gasteiger partial charge in [0.25, 0.3) is 0 Å². The Kier molecular flexibility index (Phi) is 4.85. The number of amides is 3. The maximum absolute atomic E-state index is 13.5. The number of halogens is 3. The minimum absolute atomic E-state index is 0.127. The van der Waals surface area contributed by atoms with E-state index in [1.165, 1.54) is 0 Å². The SMILES string of the molecule is O=C(Nc1ccc(F)cc1F)NC1CC(=O)N(c2ccc(Cl)cc2)C1. The van der Waals surface area contributed by atoms with Gasteiger partial charge in [-0.1, -0.05) is 11.6 Å². The lowest BCUT2D eigenvalue weighted by molar-refractivity contribution is -0.117. The lowest BCUT2D eigenvalue weighted by Crippen LogP contribution is -2.39. The van der Waals surface area contributed by atoms with Crippen molar-refractivity contribution in [1.29, 1.82) is 0 Å². The van der Waals surface area contributed by atoms with E-state index in [0.717, 1.165) is 12.1 Å². The summed E-state index contributed by atoms with van der Waals surface area (Å²) >= 11 is 5.83. The molecule has 0 aliphatic carbocycles. The maximum atomic E-state index is 13.5. The molecule has 2 N–H and O–H groups in total. The third kappa shape index (κ3) is 4.06. The van der Waals surface area contributed by atoms with Crippen molar-refractivity contribution in [2.24, 2.45) is 0 Å². The highest BCUT2D eigenvalue weighted by atomic mass is 35.5. The standard InChI is InChI=1S/C17H14ClF2N3O2/c18-10-1-4-13(5-2-10)23-9-12(8-16(23)24)21-17(25)22-15-6-3-11(19)7-14(15)20/h1-7,12H,8-9H2,(H2,21,22,25). The molecule has 3 amide bonds. The van der Waals surface area contributed by atoms with Crippen LogP contribution in [0.25, 0.3) is 0 Å². The summed E-state index contributed by atoms with van der Waals surface area (Å²) in [5.74, 6) is -1.75. The molecule has 0 radical (unpaired) electrons. The molecule has 1 fully saturated rings. The highest BCUT2D eigenvalue weighted by molar-refractivity contribution is 6.30. The van der Waals surface area contributed by atoms with Crippen LogP contribution in [0.1, 0.15) is 6.42 Å². The summed E-state index contributed by atoms with van der Waals surface area (Å²) in [7, 11) is 0. The average Bonchev–Trinajstić information content (AvgIpc) is 2.91. The van der Waals surface area contributed by atoms with Crippen LogP contribution in [0.3, 0.4) is 0 Å². The molecule has 1 saturated heterocycles. The first-order chi connectivity index (χ1) is 11.9. The predicted molar refractivity (Wildman–Crippen MR) is 90.7 cm³/mol. The summed E-state index contributed by atoms with van der Waals surface area (Å²) < 4.78 is 26.4. The number of rotatable bonds is 3. The summed E-state index contributed by atoms with van der Waals surface area (Å²) in [6.45, 7) is 0.291. The van der Waals surface area contributed by atoms with Crippen LogP contribution in [0.2, 0.25) is 5.02 Å². The van der Waals surface area contributed by atoms with E-state index in [4.69, 9.17) is 11.6 Å². The number of benzene rings is 2. The number of hydrogen-bond donors (Lipinski definition) is 2. The van der Waals surface area contributed by atoms with Gasteiger partial charge in [0.15, 0.2) is 0 Å². The second-order valence-electron chi connectivity index (χ2n) is 5.60. The molecule has 2 aromatic rings. The van der Waals surface area contributed by atoms with Crippen LogP contribution in [0, 0.1) is 11.6 Å². The van der Waals surface area contributed by atoms with Crippen LogP contribution in [-0.4, -0.2) is 24.5 Å². The van der Waals surface area contributed by atoms with Crippen molar-refractivity contribution < 1.29 is 18.4 Å². The number of nitrogens with zero attached hydrogens (tertiary/aromatic N) is 1. The Morgan fingerprint density at radius 2 is 1.88 bits per heavy atom. The minimum atomic E-state index is -0.875. The van der Waals surface area contributed by atoms with E-state index in [9.17, 15) is 18.4 Å². The molecule has 130 valence electrons. The van der Waals surface area contributed by atoms with Gasteiger partial charge < -0.3 is 15.5 Å². The van der Waals surface area contributed by atoms with Crippen LogP contribution in [-0.2, 0) is 4.79 Å². The van der Waals surface area contributed by atoms with E-state index in [1.54, 1.807) is 29.2 Å². The summed E-state index contributed by atoms with van der Waals surface area (Å²) in [6.07, 6.45) is 0.127. The lowest BCUT2D eigenvalue weighted by atomic mass is 10.2. The molecule has 0 bridgehead atoms. The van der Waals surface area contributed by atoms with E-state index in [1.807, 2.05) is 0 Å². The van der Waals surface area contributed by atoms with Gasteiger partial charge in [0.2, 0.25) is 5.91 Å². The Labute approximate surface area is 147 Å². The first-order valence-electron chi connectivity index (χ1n) is 7.51. The summed E-state index contributed by atoms with van der Waals surface area (Å²) in [5, 5.41) is 5.47. The Bertz CT molecular complexity index is 814. The van der Waals surface area contributed by atoms with Crippen molar-refractivity contribution in [2.45, 2.75) is 12.5 Å². The smallest absolute Gasteiger partial charge is 0.319 e. The highest BCUT2D eigenvalue weighted by Gasteiger charge is 2.31. The zero-order valence-corrected chi connectivity index (χ0v) is 13.7. The van der Waals surface area contributed by atoms with E-state index >= 15 is 0 Å². The fraction of sp³-hybridized carbons (Fsp3) is 0.176. The lowest BCUT2D eigenvalue weighted by Gasteiger charge is -2.17. The van der Waals surface area contributed by atoms with Gasteiger partial charge >= 0.3 is 6.03 Å². The van der Waals surface area contributed by atoms with Crippen LogP contribution in [0.4, 0.5) is 25.0 Å². The molecule has 25 heavy (non-hydrogen) atoms. The molecule has 2 aromatic carbocycles. The molecule has 5 nitrogen and oxygen atoms in total. The normalized spacial score (nSPS) is 16.8. The predicted octanol–water partition coefficient (Wildman–Crippen LogP) is 3.55. The first kappa shape index (κ1) is 17.2. The Morgan fingerprint density at radius 1 is 1.16 bits per heavy atom. The summed E-state index contributed by atoms with van der Waals surface area (Å²) in [4.78, 5) is 25.6. The summed E-state index contributed by atoms with van der Waals surface area (Å²) in [6, 6.07) is 8.55. The van der Waals surface area contributed by atoms with Crippen LogP contribution in [0.5, 0.6) is 0 Å². The molecule has 1 atom stereocenters. The zero-order valence-electron chi connectivity index (χ0n) is 12.9. The Morgan fingerprint density at radius 3 is 2.56 bits per heavy atom. The monoisotopic (exact) mass is 365 g/mol. The Hall–Kier alpha value is -2.67. The molecule has 1 aliphatic heterocycles. The largest absolute Gasteiger partial charge is 0.333 e. The van der Waals surface area contributed by atoms with Crippen molar-refractivity contribution in [3.8, 4) is 0 Å². The topological polar surface area (TPSA) is 61.4 Å². The molecule has 0 saturated carbocycles. The number of urea groups is 1. The molecule has 1 aliphatic rings. The molecule has 1 heterocycles. The summed E-state index contributed by atoms with van der Waals surface area (Å²) in [5.41, 5.74) is 0.543. The number of anilines is 2. The number of carbonyl (C=O) groups excluding carboxylic acids is 2. The minimum Gasteiger partial charge on any atom is -0.333 e. The molecule has 8 heteroatoms. The van der Waals surface area contributed by atoms with Crippen LogP contribution >= 0.6 is 11.6 Å². The van der Waals surface area contributed by atoms with Crippen molar-refractivity contribution in [3.05, 3.63) is 59.1 Å². The quantitative estimate of drug-likeness (QED) is 0.873. The second-order valence-corrected chi connectivity index (χ2v) is 6.04. The molecular weight excluding hydrogens is 352 g/mol. The van der Waals surface area contributed by atoms with Gasteiger partial charge in [0, 0.05) is 29.7 Å². The van der Waals surface area contributed by atoms with Crippen LogP contribution < -0.4 is 15.5 Å². The highest BCUT2D eigenvalue weighted by Crippen LogP contribution is 2.23. The molecule has 0 aromatic heterocycles.